The van der Waals surface area contributed by atoms with Crippen molar-refractivity contribution < 1.29 is 19.1 Å². The molecule has 0 aliphatic heterocycles. The lowest BCUT2D eigenvalue weighted by Gasteiger charge is -2.02. The number of hydrogen-bond donors (Lipinski definition) is 2. The van der Waals surface area contributed by atoms with Gasteiger partial charge < -0.3 is 14.5 Å². The Bertz CT molecular complexity index is 822. The number of H-pyrrole nitrogens is 2. The minimum Gasteiger partial charge on any atom is -0.462 e. The maximum absolute atomic E-state index is 11.5. The molecule has 0 spiro atoms. The molecule has 0 fully saturated rings. The molecule has 0 aliphatic rings. The first-order chi connectivity index (χ1) is 11.5. The number of carbonyl (C=O) groups excluding carboxylic acids is 2. The summed E-state index contributed by atoms with van der Waals surface area (Å²) in [5.74, 6) is -1.09. The van der Waals surface area contributed by atoms with Crippen molar-refractivity contribution in [1.29, 1.82) is 0 Å². The molecule has 8 heteroatoms. The Balaban J connectivity index is 1.77. The minimum atomic E-state index is -0.743. The third-order valence-electron chi connectivity index (χ3n) is 2.75. The summed E-state index contributed by atoms with van der Waals surface area (Å²) < 4.78 is 9.81. The maximum Gasteiger partial charge on any atom is 0.336 e. The van der Waals surface area contributed by atoms with Gasteiger partial charge in [-0.1, -0.05) is 18.2 Å². The highest BCUT2D eigenvalue weighted by Crippen LogP contribution is 2.08. The maximum atomic E-state index is 11.5. The van der Waals surface area contributed by atoms with Crippen molar-refractivity contribution in [2.75, 3.05) is 6.61 Å². The summed E-state index contributed by atoms with van der Waals surface area (Å²) in [5.41, 5.74) is -0.833. The van der Waals surface area contributed by atoms with Crippen LogP contribution in [0.2, 0.25) is 0 Å². The first-order valence-corrected chi connectivity index (χ1v) is 6.97. The Kier molecular flexibility index (Phi) is 5.84. The Morgan fingerprint density at radius 1 is 1.00 bits per heavy atom. The molecule has 0 bridgehead atoms. The normalized spacial score (nSPS) is 10.5. The SMILES string of the molecule is O=C(/C=C/C(=O)Oc1ccccc1)OCCc1cc(=O)[nH]c(=O)[nH]1. The molecule has 0 saturated heterocycles. The number of esters is 2. The minimum absolute atomic E-state index is 0.0592. The number of carbonyl (C=O) groups is 2. The van der Waals surface area contributed by atoms with Gasteiger partial charge in [-0.15, -0.1) is 0 Å². The van der Waals surface area contributed by atoms with Gasteiger partial charge >= 0.3 is 17.6 Å². The topological polar surface area (TPSA) is 118 Å². The molecule has 0 unspecified atom stereocenters. The molecule has 0 radical (unpaired) electrons. The molecule has 2 N–H and O–H groups in total. The summed E-state index contributed by atoms with van der Waals surface area (Å²) in [6.45, 7) is -0.0592. The lowest BCUT2D eigenvalue weighted by atomic mass is 10.3. The van der Waals surface area contributed by atoms with Crippen LogP contribution < -0.4 is 16.0 Å². The van der Waals surface area contributed by atoms with Crippen LogP contribution in [0.5, 0.6) is 5.75 Å². The largest absolute Gasteiger partial charge is 0.462 e. The fourth-order valence-corrected chi connectivity index (χ4v) is 1.74. The molecule has 1 heterocycles. The fourth-order valence-electron chi connectivity index (χ4n) is 1.74. The van der Waals surface area contributed by atoms with Gasteiger partial charge in [0.25, 0.3) is 5.56 Å². The third kappa shape index (κ3) is 5.76. The Morgan fingerprint density at radius 3 is 2.42 bits per heavy atom. The highest BCUT2D eigenvalue weighted by molar-refractivity contribution is 5.92. The summed E-state index contributed by atoms with van der Waals surface area (Å²) in [5, 5.41) is 0. The van der Waals surface area contributed by atoms with E-state index in [1.165, 1.54) is 6.07 Å². The molecule has 0 aliphatic carbocycles. The third-order valence-corrected chi connectivity index (χ3v) is 2.75. The van der Waals surface area contributed by atoms with Gasteiger partial charge in [0.2, 0.25) is 0 Å². The number of ether oxygens (including phenoxy) is 2. The molecule has 8 nitrogen and oxygen atoms in total. The molecule has 1 aromatic heterocycles. The van der Waals surface area contributed by atoms with E-state index in [4.69, 9.17) is 9.47 Å². The van der Waals surface area contributed by atoms with Gasteiger partial charge in [-0.3, -0.25) is 9.78 Å². The summed E-state index contributed by atoms with van der Waals surface area (Å²) in [4.78, 5) is 49.5. The van der Waals surface area contributed by atoms with Gasteiger partial charge in [0, 0.05) is 30.3 Å². The number of rotatable bonds is 6. The van der Waals surface area contributed by atoms with Crippen LogP contribution in [-0.2, 0) is 20.7 Å². The Morgan fingerprint density at radius 2 is 1.71 bits per heavy atom. The molecule has 0 amide bonds. The number of nitrogens with one attached hydrogen (secondary N) is 2. The van der Waals surface area contributed by atoms with Crippen LogP contribution in [0.1, 0.15) is 5.69 Å². The molecule has 2 rings (SSSR count). The van der Waals surface area contributed by atoms with E-state index in [-0.39, 0.29) is 13.0 Å². The molecule has 0 saturated carbocycles. The van der Waals surface area contributed by atoms with Crippen LogP contribution >= 0.6 is 0 Å². The van der Waals surface area contributed by atoms with E-state index in [1.807, 2.05) is 4.98 Å². The zero-order valence-corrected chi connectivity index (χ0v) is 12.5. The predicted octanol–water partition coefficient (Wildman–Crippen LogP) is 0.311. The second-order valence-corrected chi connectivity index (χ2v) is 4.60. The van der Waals surface area contributed by atoms with Crippen molar-refractivity contribution in [2.45, 2.75) is 6.42 Å². The molecule has 24 heavy (non-hydrogen) atoms. The van der Waals surface area contributed by atoms with E-state index in [1.54, 1.807) is 30.3 Å². The number of para-hydroxylation sites is 1. The molecule has 2 aromatic rings. The van der Waals surface area contributed by atoms with Gasteiger partial charge in [-0.05, 0) is 12.1 Å². The summed E-state index contributed by atoms with van der Waals surface area (Å²) in [7, 11) is 0. The quantitative estimate of drug-likeness (QED) is 0.447. The summed E-state index contributed by atoms with van der Waals surface area (Å²) >= 11 is 0. The van der Waals surface area contributed by atoms with Gasteiger partial charge in [0.1, 0.15) is 5.75 Å². The van der Waals surface area contributed by atoms with E-state index >= 15 is 0 Å². The molecule has 0 atom stereocenters. The van der Waals surface area contributed by atoms with Crippen molar-refractivity contribution in [1.82, 2.24) is 9.97 Å². The van der Waals surface area contributed by atoms with Crippen LogP contribution in [0.25, 0.3) is 0 Å². The van der Waals surface area contributed by atoms with Crippen LogP contribution in [-0.4, -0.2) is 28.5 Å². The predicted molar refractivity (Wildman–Crippen MR) is 83.6 cm³/mol. The van der Waals surface area contributed by atoms with Crippen molar-refractivity contribution in [3.8, 4) is 5.75 Å². The number of aromatic nitrogens is 2. The lowest BCUT2D eigenvalue weighted by Crippen LogP contribution is -2.23. The lowest BCUT2D eigenvalue weighted by molar-refractivity contribution is -0.138. The Labute approximate surface area is 135 Å². The average molecular weight is 330 g/mol. The van der Waals surface area contributed by atoms with Crippen LogP contribution in [0.15, 0.2) is 58.1 Å². The number of benzene rings is 1. The van der Waals surface area contributed by atoms with E-state index in [2.05, 4.69) is 4.98 Å². The average Bonchev–Trinajstić information content (AvgIpc) is 2.53. The van der Waals surface area contributed by atoms with Crippen molar-refractivity contribution in [3.05, 3.63) is 75.1 Å². The van der Waals surface area contributed by atoms with E-state index in [0.717, 1.165) is 12.2 Å². The van der Waals surface area contributed by atoms with Crippen LogP contribution in [0.4, 0.5) is 0 Å². The van der Waals surface area contributed by atoms with Gasteiger partial charge in [0.15, 0.2) is 0 Å². The van der Waals surface area contributed by atoms with E-state index in [0.29, 0.717) is 11.4 Å². The summed E-state index contributed by atoms with van der Waals surface area (Å²) in [6.07, 6.45) is 2.05. The van der Waals surface area contributed by atoms with Gasteiger partial charge in [-0.25, -0.2) is 14.4 Å². The fraction of sp³-hybridized carbons (Fsp3) is 0.125. The molecular formula is C16H14N2O6. The monoisotopic (exact) mass is 330 g/mol. The smallest absolute Gasteiger partial charge is 0.336 e. The molecule has 1 aromatic carbocycles. The number of hydrogen-bond acceptors (Lipinski definition) is 6. The van der Waals surface area contributed by atoms with Crippen molar-refractivity contribution in [2.24, 2.45) is 0 Å². The molecular weight excluding hydrogens is 316 g/mol. The van der Waals surface area contributed by atoms with Gasteiger partial charge in [0.05, 0.1) is 6.61 Å². The van der Waals surface area contributed by atoms with Gasteiger partial charge in [-0.2, -0.15) is 0 Å². The first-order valence-electron chi connectivity index (χ1n) is 6.97. The van der Waals surface area contributed by atoms with Crippen LogP contribution in [0, 0.1) is 0 Å². The highest BCUT2D eigenvalue weighted by Gasteiger charge is 2.03. The standard InChI is InChI=1S/C16H14N2O6/c19-13-10-11(17-16(22)18-13)8-9-23-14(20)6-7-15(21)24-12-4-2-1-3-5-12/h1-7,10H,8-9H2,(H2,17,18,19,22)/b7-6+. The first kappa shape index (κ1) is 16.9. The zero-order chi connectivity index (χ0) is 17.4. The highest BCUT2D eigenvalue weighted by atomic mass is 16.5. The van der Waals surface area contributed by atoms with Crippen molar-refractivity contribution >= 4 is 11.9 Å². The van der Waals surface area contributed by atoms with Crippen LogP contribution in [0.3, 0.4) is 0 Å². The second kappa shape index (κ2) is 8.28. The number of aromatic amines is 2. The zero-order valence-electron chi connectivity index (χ0n) is 12.5. The van der Waals surface area contributed by atoms with E-state index in [9.17, 15) is 19.2 Å². The van der Waals surface area contributed by atoms with Crippen molar-refractivity contribution in [3.63, 3.8) is 0 Å². The summed E-state index contributed by atoms with van der Waals surface area (Å²) in [6, 6.07) is 9.60. The molecule has 124 valence electrons. The Hall–Kier alpha value is -3.42. The second-order valence-electron chi connectivity index (χ2n) is 4.60. The van der Waals surface area contributed by atoms with E-state index < -0.39 is 23.2 Å².